The number of nitrogens with one attached hydrogen (secondary N) is 1. The van der Waals surface area contributed by atoms with Gasteiger partial charge in [-0.1, -0.05) is 18.0 Å². The summed E-state index contributed by atoms with van der Waals surface area (Å²) < 4.78 is 0.778. The monoisotopic (exact) mass is 319 g/mol. The van der Waals surface area contributed by atoms with E-state index >= 15 is 0 Å². The highest BCUT2D eigenvalue weighted by Crippen LogP contribution is 2.23. The number of aromatic nitrogens is 1. The average molecular weight is 321 g/mol. The number of nitrogens with zero attached hydrogens (tertiary/aromatic N) is 1. The minimum Gasteiger partial charge on any atom is -0.330 e. The first-order valence-corrected chi connectivity index (χ1v) is 6.61. The van der Waals surface area contributed by atoms with Crippen molar-refractivity contribution in [1.29, 1.82) is 0 Å². The van der Waals surface area contributed by atoms with Gasteiger partial charge in [-0.15, -0.1) is 0 Å². The second-order valence-corrected chi connectivity index (χ2v) is 4.91. The maximum Gasteiger partial charge on any atom is 0.224 e. The van der Waals surface area contributed by atoms with Crippen molar-refractivity contribution >= 4 is 39.1 Å². The number of hydrogen-bond acceptors (Lipinski definition) is 3. The molecule has 4 nitrogen and oxygen atoms in total. The number of unbranched alkanes of at least 4 members (excludes halogenated alkanes) is 2. The molecule has 1 aromatic heterocycles. The van der Waals surface area contributed by atoms with Gasteiger partial charge in [0.2, 0.25) is 5.91 Å². The summed E-state index contributed by atoms with van der Waals surface area (Å²) in [7, 11) is 0. The minimum atomic E-state index is -0.0520. The Bertz CT molecular complexity index is 387. The van der Waals surface area contributed by atoms with E-state index in [1.165, 1.54) is 0 Å². The summed E-state index contributed by atoms with van der Waals surface area (Å²) in [6.07, 6.45) is 4.81. The highest BCUT2D eigenvalue weighted by Gasteiger charge is 2.07. The van der Waals surface area contributed by atoms with Gasteiger partial charge < -0.3 is 11.1 Å². The van der Waals surface area contributed by atoms with E-state index in [4.69, 9.17) is 17.3 Å². The summed E-state index contributed by atoms with van der Waals surface area (Å²) in [4.78, 5) is 15.5. The molecule has 1 amide bonds. The summed E-state index contributed by atoms with van der Waals surface area (Å²) in [6.45, 7) is 0.670. The first-order chi connectivity index (χ1) is 8.13. The summed E-state index contributed by atoms with van der Waals surface area (Å²) >= 11 is 9.13. The molecule has 0 aromatic carbocycles. The Morgan fingerprint density at radius 2 is 2.24 bits per heavy atom. The fraction of sp³-hybridized carbons (Fsp3) is 0.455. The number of carbonyl (C=O) groups excluding carboxylic acids is 1. The maximum atomic E-state index is 11.6. The molecule has 0 saturated heterocycles. The van der Waals surface area contributed by atoms with Gasteiger partial charge in [0, 0.05) is 17.1 Å². The van der Waals surface area contributed by atoms with Gasteiger partial charge in [-0.3, -0.25) is 4.79 Å². The molecule has 17 heavy (non-hydrogen) atoms. The summed E-state index contributed by atoms with van der Waals surface area (Å²) in [6, 6.07) is 1.73. The van der Waals surface area contributed by atoms with E-state index in [2.05, 4.69) is 26.2 Å². The average Bonchev–Trinajstić information content (AvgIpc) is 2.29. The first kappa shape index (κ1) is 14.4. The zero-order valence-corrected chi connectivity index (χ0v) is 11.7. The molecular formula is C11H15BrClN3O. The minimum absolute atomic E-state index is 0.0520. The van der Waals surface area contributed by atoms with Gasteiger partial charge in [-0.25, -0.2) is 4.98 Å². The number of carbonyl (C=O) groups is 1. The Labute approximate surface area is 114 Å². The van der Waals surface area contributed by atoms with Gasteiger partial charge in [-0.05, 0) is 41.4 Å². The molecule has 0 aliphatic carbocycles. The van der Waals surface area contributed by atoms with Gasteiger partial charge in [0.05, 0.1) is 5.69 Å². The van der Waals surface area contributed by atoms with E-state index in [1.54, 1.807) is 12.3 Å². The summed E-state index contributed by atoms with van der Waals surface area (Å²) in [5, 5.41) is 3.03. The van der Waals surface area contributed by atoms with Crippen molar-refractivity contribution in [3.8, 4) is 0 Å². The van der Waals surface area contributed by atoms with E-state index in [0.717, 1.165) is 23.7 Å². The van der Waals surface area contributed by atoms with Crippen molar-refractivity contribution < 1.29 is 4.79 Å². The van der Waals surface area contributed by atoms with Crippen LogP contribution in [0.4, 0.5) is 5.69 Å². The van der Waals surface area contributed by atoms with Crippen LogP contribution in [0.25, 0.3) is 0 Å². The zero-order valence-electron chi connectivity index (χ0n) is 9.38. The number of rotatable bonds is 6. The van der Waals surface area contributed by atoms with Crippen LogP contribution < -0.4 is 11.1 Å². The molecule has 1 rings (SSSR count). The van der Waals surface area contributed by atoms with Crippen molar-refractivity contribution in [2.45, 2.75) is 25.7 Å². The van der Waals surface area contributed by atoms with E-state index < -0.39 is 0 Å². The highest BCUT2D eigenvalue weighted by atomic mass is 79.9. The Balaban J connectivity index is 2.42. The molecule has 0 spiro atoms. The third kappa shape index (κ3) is 5.48. The standard InChI is InChI=1S/C11H15BrClN3O/c12-8-6-9(11(13)15-7-8)16-10(17)4-2-1-3-5-14/h6-7H,1-5,14H2,(H,16,17). The number of anilines is 1. The maximum absolute atomic E-state index is 11.6. The van der Waals surface area contributed by atoms with Crippen LogP contribution in [-0.2, 0) is 4.79 Å². The second kappa shape index (κ2) is 7.63. The zero-order chi connectivity index (χ0) is 12.7. The van der Waals surface area contributed by atoms with Crippen molar-refractivity contribution in [2.75, 3.05) is 11.9 Å². The van der Waals surface area contributed by atoms with Gasteiger partial charge in [0.25, 0.3) is 0 Å². The van der Waals surface area contributed by atoms with Crippen LogP contribution in [0.2, 0.25) is 5.15 Å². The SMILES string of the molecule is NCCCCCC(=O)Nc1cc(Br)cnc1Cl. The van der Waals surface area contributed by atoms with Crippen LogP contribution >= 0.6 is 27.5 Å². The number of nitrogens with two attached hydrogens (primary N) is 1. The summed E-state index contributed by atoms with van der Waals surface area (Å²) in [5.74, 6) is -0.0520. The second-order valence-electron chi connectivity index (χ2n) is 3.64. The lowest BCUT2D eigenvalue weighted by atomic mass is 10.2. The molecule has 0 saturated carbocycles. The van der Waals surface area contributed by atoms with Crippen molar-refractivity contribution in [3.05, 3.63) is 21.9 Å². The Morgan fingerprint density at radius 3 is 2.94 bits per heavy atom. The molecule has 1 aromatic rings. The third-order valence-electron chi connectivity index (χ3n) is 2.19. The molecule has 3 N–H and O–H groups in total. The van der Waals surface area contributed by atoms with Crippen LogP contribution in [0.1, 0.15) is 25.7 Å². The van der Waals surface area contributed by atoms with Crippen molar-refractivity contribution in [2.24, 2.45) is 5.73 Å². The summed E-state index contributed by atoms with van der Waals surface area (Å²) in [5.41, 5.74) is 5.91. The van der Waals surface area contributed by atoms with Crippen LogP contribution in [0, 0.1) is 0 Å². The molecule has 0 bridgehead atoms. The van der Waals surface area contributed by atoms with Gasteiger partial charge in [-0.2, -0.15) is 0 Å². The van der Waals surface area contributed by atoms with Crippen molar-refractivity contribution in [3.63, 3.8) is 0 Å². The van der Waals surface area contributed by atoms with Gasteiger partial charge >= 0.3 is 0 Å². The highest BCUT2D eigenvalue weighted by molar-refractivity contribution is 9.10. The van der Waals surface area contributed by atoms with Crippen LogP contribution in [0.5, 0.6) is 0 Å². The van der Waals surface area contributed by atoms with Gasteiger partial charge in [0.15, 0.2) is 5.15 Å². The lowest BCUT2D eigenvalue weighted by Crippen LogP contribution is -2.12. The molecule has 0 fully saturated rings. The number of pyridine rings is 1. The van der Waals surface area contributed by atoms with E-state index in [9.17, 15) is 4.79 Å². The molecular weight excluding hydrogens is 305 g/mol. The lowest BCUT2D eigenvalue weighted by molar-refractivity contribution is -0.116. The molecule has 94 valence electrons. The number of halogens is 2. The normalized spacial score (nSPS) is 10.3. The molecule has 0 aliphatic rings. The Kier molecular flexibility index (Phi) is 6.47. The van der Waals surface area contributed by atoms with E-state index in [1.807, 2.05) is 0 Å². The fourth-order valence-corrected chi connectivity index (χ4v) is 1.81. The largest absolute Gasteiger partial charge is 0.330 e. The van der Waals surface area contributed by atoms with Gasteiger partial charge in [0.1, 0.15) is 0 Å². The fourth-order valence-electron chi connectivity index (χ4n) is 1.33. The first-order valence-electron chi connectivity index (χ1n) is 5.44. The predicted molar refractivity (Wildman–Crippen MR) is 73.1 cm³/mol. The number of hydrogen-bond donors (Lipinski definition) is 2. The molecule has 0 unspecified atom stereocenters. The van der Waals surface area contributed by atoms with E-state index in [0.29, 0.717) is 23.8 Å². The predicted octanol–water partition coefficient (Wildman–Crippen LogP) is 2.96. The number of amides is 1. The van der Waals surface area contributed by atoms with Crippen LogP contribution in [0.15, 0.2) is 16.7 Å². The smallest absolute Gasteiger partial charge is 0.224 e. The molecule has 0 atom stereocenters. The quantitative estimate of drug-likeness (QED) is 0.625. The molecule has 0 aliphatic heterocycles. The molecule has 0 radical (unpaired) electrons. The molecule has 6 heteroatoms. The Hall–Kier alpha value is -0.650. The van der Waals surface area contributed by atoms with Crippen LogP contribution in [-0.4, -0.2) is 17.4 Å². The lowest BCUT2D eigenvalue weighted by Gasteiger charge is -2.06. The van der Waals surface area contributed by atoms with E-state index in [-0.39, 0.29) is 5.91 Å². The van der Waals surface area contributed by atoms with Crippen LogP contribution in [0.3, 0.4) is 0 Å². The third-order valence-corrected chi connectivity index (χ3v) is 2.92. The van der Waals surface area contributed by atoms with Crippen molar-refractivity contribution in [1.82, 2.24) is 4.98 Å². The Morgan fingerprint density at radius 1 is 1.47 bits per heavy atom. The topological polar surface area (TPSA) is 68.0 Å². The molecule has 1 heterocycles.